The second-order valence-corrected chi connectivity index (χ2v) is 5.28. The largest absolute Gasteiger partial charge is 0.492 e. The SMILES string of the molecule is Cc1cccc(C(C)C)c1NCCOc1ccccc1. The summed E-state index contributed by atoms with van der Waals surface area (Å²) in [7, 11) is 0. The number of nitrogens with one attached hydrogen (secondary N) is 1. The molecular formula is C18H23NO. The fourth-order valence-corrected chi connectivity index (χ4v) is 2.27. The van der Waals surface area contributed by atoms with Gasteiger partial charge < -0.3 is 10.1 Å². The van der Waals surface area contributed by atoms with Gasteiger partial charge in [0.2, 0.25) is 0 Å². The fraction of sp³-hybridized carbons (Fsp3) is 0.333. The number of ether oxygens (including phenoxy) is 1. The molecule has 0 aliphatic carbocycles. The first kappa shape index (κ1) is 14.4. The quantitative estimate of drug-likeness (QED) is 0.773. The lowest BCUT2D eigenvalue weighted by molar-refractivity contribution is 0.333. The number of anilines is 1. The molecule has 2 aromatic rings. The summed E-state index contributed by atoms with van der Waals surface area (Å²) in [5.74, 6) is 1.44. The van der Waals surface area contributed by atoms with Crippen molar-refractivity contribution in [3.63, 3.8) is 0 Å². The molecule has 2 aromatic carbocycles. The number of benzene rings is 2. The zero-order valence-corrected chi connectivity index (χ0v) is 12.5. The molecule has 0 saturated carbocycles. The summed E-state index contributed by atoms with van der Waals surface area (Å²) in [5.41, 5.74) is 3.90. The summed E-state index contributed by atoms with van der Waals surface area (Å²) >= 11 is 0. The van der Waals surface area contributed by atoms with Gasteiger partial charge in [-0.05, 0) is 36.1 Å². The molecule has 0 radical (unpaired) electrons. The van der Waals surface area contributed by atoms with Gasteiger partial charge in [-0.3, -0.25) is 0 Å². The first-order chi connectivity index (χ1) is 9.68. The first-order valence-corrected chi connectivity index (χ1v) is 7.19. The van der Waals surface area contributed by atoms with Gasteiger partial charge in [0.15, 0.2) is 0 Å². The summed E-state index contributed by atoms with van der Waals surface area (Å²) < 4.78 is 5.71. The van der Waals surface area contributed by atoms with Crippen LogP contribution in [0.5, 0.6) is 5.75 Å². The number of rotatable bonds is 6. The molecule has 0 saturated heterocycles. The molecule has 0 heterocycles. The predicted octanol–water partition coefficient (Wildman–Crippen LogP) is 4.61. The van der Waals surface area contributed by atoms with E-state index < -0.39 is 0 Å². The smallest absolute Gasteiger partial charge is 0.119 e. The van der Waals surface area contributed by atoms with Crippen molar-refractivity contribution >= 4 is 5.69 Å². The molecule has 2 heteroatoms. The molecule has 0 bridgehead atoms. The molecule has 0 atom stereocenters. The highest BCUT2D eigenvalue weighted by Crippen LogP contribution is 2.27. The Bertz CT molecular complexity index is 534. The van der Waals surface area contributed by atoms with Gasteiger partial charge in [0, 0.05) is 12.2 Å². The third-order valence-corrected chi connectivity index (χ3v) is 3.34. The van der Waals surface area contributed by atoms with Crippen LogP contribution in [0.25, 0.3) is 0 Å². The monoisotopic (exact) mass is 269 g/mol. The summed E-state index contributed by atoms with van der Waals surface area (Å²) in [6, 6.07) is 16.4. The molecular weight excluding hydrogens is 246 g/mol. The predicted molar refractivity (Wildman–Crippen MR) is 85.7 cm³/mol. The van der Waals surface area contributed by atoms with E-state index in [1.54, 1.807) is 0 Å². The lowest BCUT2D eigenvalue weighted by atomic mass is 9.98. The lowest BCUT2D eigenvalue weighted by Gasteiger charge is -2.17. The van der Waals surface area contributed by atoms with Crippen LogP contribution < -0.4 is 10.1 Å². The van der Waals surface area contributed by atoms with Crippen LogP contribution in [-0.4, -0.2) is 13.2 Å². The molecule has 0 unspecified atom stereocenters. The van der Waals surface area contributed by atoms with Crippen molar-refractivity contribution in [2.24, 2.45) is 0 Å². The van der Waals surface area contributed by atoms with Gasteiger partial charge in [-0.1, -0.05) is 50.2 Å². The van der Waals surface area contributed by atoms with Crippen LogP contribution in [0, 0.1) is 6.92 Å². The first-order valence-electron chi connectivity index (χ1n) is 7.19. The van der Waals surface area contributed by atoms with Gasteiger partial charge in [0.05, 0.1) is 0 Å². The Balaban J connectivity index is 1.91. The maximum Gasteiger partial charge on any atom is 0.119 e. The summed E-state index contributed by atoms with van der Waals surface area (Å²) in [6.45, 7) is 8.06. The average molecular weight is 269 g/mol. The fourth-order valence-electron chi connectivity index (χ4n) is 2.27. The van der Waals surface area contributed by atoms with Crippen molar-refractivity contribution in [3.8, 4) is 5.75 Å². The van der Waals surface area contributed by atoms with E-state index in [1.807, 2.05) is 30.3 Å². The van der Waals surface area contributed by atoms with E-state index in [0.29, 0.717) is 12.5 Å². The van der Waals surface area contributed by atoms with E-state index in [1.165, 1.54) is 16.8 Å². The van der Waals surface area contributed by atoms with Crippen LogP contribution in [-0.2, 0) is 0 Å². The minimum absolute atomic E-state index is 0.521. The van der Waals surface area contributed by atoms with Crippen molar-refractivity contribution in [1.82, 2.24) is 0 Å². The molecule has 20 heavy (non-hydrogen) atoms. The van der Waals surface area contributed by atoms with Crippen LogP contribution in [0.2, 0.25) is 0 Å². The molecule has 106 valence electrons. The topological polar surface area (TPSA) is 21.3 Å². The Kier molecular flexibility index (Phi) is 5.05. The third-order valence-electron chi connectivity index (χ3n) is 3.34. The maximum absolute atomic E-state index is 5.71. The van der Waals surface area contributed by atoms with Crippen LogP contribution in [0.3, 0.4) is 0 Å². The Morgan fingerprint density at radius 2 is 1.75 bits per heavy atom. The van der Waals surface area contributed by atoms with E-state index in [4.69, 9.17) is 4.74 Å². The Labute approximate surface area is 121 Å². The molecule has 0 aromatic heterocycles. The number of aryl methyl sites for hydroxylation is 1. The molecule has 0 aliphatic rings. The van der Waals surface area contributed by atoms with E-state index in [-0.39, 0.29) is 0 Å². The molecule has 2 nitrogen and oxygen atoms in total. The maximum atomic E-state index is 5.71. The van der Waals surface area contributed by atoms with Gasteiger partial charge in [-0.2, -0.15) is 0 Å². The zero-order chi connectivity index (χ0) is 14.4. The highest BCUT2D eigenvalue weighted by Gasteiger charge is 2.08. The molecule has 0 aliphatic heterocycles. The van der Waals surface area contributed by atoms with Gasteiger partial charge in [-0.25, -0.2) is 0 Å². The molecule has 0 amide bonds. The number of hydrogen-bond donors (Lipinski definition) is 1. The third kappa shape index (κ3) is 3.77. The molecule has 0 fully saturated rings. The highest BCUT2D eigenvalue weighted by atomic mass is 16.5. The number of para-hydroxylation sites is 2. The standard InChI is InChI=1S/C18H23NO/c1-14(2)17-11-7-8-15(3)18(17)19-12-13-20-16-9-5-4-6-10-16/h4-11,14,19H,12-13H2,1-3H3. The Morgan fingerprint density at radius 1 is 1.00 bits per heavy atom. The average Bonchev–Trinajstić information content (AvgIpc) is 2.45. The summed E-state index contributed by atoms with van der Waals surface area (Å²) in [4.78, 5) is 0. The highest BCUT2D eigenvalue weighted by molar-refractivity contribution is 5.58. The lowest BCUT2D eigenvalue weighted by Crippen LogP contribution is -2.13. The van der Waals surface area contributed by atoms with Gasteiger partial charge in [0.25, 0.3) is 0 Å². The minimum atomic E-state index is 0.521. The molecule has 2 rings (SSSR count). The summed E-state index contributed by atoms with van der Waals surface area (Å²) in [6.07, 6.45) is 0. The van der Waals surface area contributed by atoms with Crippen molar-refractivity contribution < 1.29 is 4.74 Å². The van der Waals surface area contributed by atoms with Gasteiger partial charge in [0.1, 0.15) is 12.4 Å². The zero-order valence-electron chi connectivity index (χ0n) is 12.5. The Morgan fingerprint density at radius 3 is 2.45 bits per heavy atom. The van der Waals surface area contributed by atoms with Crippen LogP contribution in [0.15, 0.2) is 48.5 Å². The normalized spacial score (nSPS) is 10.6. The minimum Gasteiger partial charge on any atom is -0.492 e. The van der Waals surface area contributed by atoms with Crippen molar-refractivity contribution in [3.05, 3.63) is 59.7 Å². The van der Waals surface area contributed by atoms with Crippen LogP contribution >= 0.6 is 0 Å². The Hall–Kier alpha value is -1.96. The molecule has 0 spiro atoms. The second-order valence-electron chi connectivity index (χ2n) is 5.28. The van der Waals surface area contributed by atoms with Crippen LogP contribution in [0.1, 0.15) is 30.9 Å². The van der Waals surface area contributed by atoms with E-state index in [0.717, 1.165) is 12.3 Å². The van der Waals surface area contributed by atoms with Crippen molar-refractivity contribution in [2.75, 3.05) is 18.5 Å². The van der Waals surface area contributed by atoms with E-state index in [2.05, 4.69) is 44.3 Å². The van der Waals surface area contributed by atoms with E-state index >= 15 is 0 Å². The second kappa shape index (κ2) is 6.99. The van der Waals surface area contributed by atoms with Crippen molar-refractivity contribution in [2.45, 2.75) is 26.7 Å². The van der Waals surface area contributed by atoms with E-state index in [9.17, 15) is 0 Å². The number of hydrogen-bond acceptors (Lipinski definition) is 2. The van der Waals surface area contributed by atoms with Crippen molar-refractivity contribution in [1.29, 1.82) is 0 Å². The van der Waals surface area contributed by atoms with Gasteiger partial charge >= 0.3 is 0 Å². The molecule has 1 N–H and O–H groups in total. The van der Waals surface area contributed by atoms with Gasteiger partial charge in [-0.15, -0.1) is 0 Å². The van der Waals surface area contributed by atoms with Crippen LogP contribution in [0.4, 0.5) is 5.69 Å². The summed E-state index contributed by atoms with van der Waals surface area (Å²) in [5, 5.41) is 3.51.